The number of fused-ring (bicyclic) bond motifs is 1. The molecule has 30 heavy (non-hydrogen) atoms. The van der Waals surface area contributed by atoms with E-state index in [-0.39, 0.29) is 24.5 Å². The minimum atomic E-state index is -4.80. The van der Waals surface area contributed by atoms with Crippen molar-refractivity contribution in [3.8, 4) is 22.6 Å². The predicted molar refractivity (Wildman–Crippen MR) is 104 cm³/mol. The first-order chi connectivity index (χ1) is 14.3. The summed E-state index contributed by atoms with van der Waals surface area (Å²) in [5.41, 5.74) is 1.89. The molecule has 0 aliphatic heterocycles. The number of aliphatic hydroxyl groups excluding tert-OH is 1. The molecule has 0 aliphatic carbocycles. The Labute approximate surface area is 168 Å². The lowest BCUT2D eigenvalue weighted by molar-refractivity contribution is -0.274. The molecule has 0 bridgehead atoms. The zero-order chi connectivity index (χ0) is 21.5. The maximum absolute atomic E-state index is 13.2. The normalized spacial score (nSPS) is 11.9. The van der Waals surface area contributed by atoms with E-state index in [9.17, 15) is 23.1 Å². The van der Waals surface area contributed by atoms with Crippen LogP contribution in [0, 0.1) is 0 Å². The molecule has 0 aliphatic rings. The van der Waals surface area contributed by atoms with Gasteiger partial charge in [0.2, 0.25) is 0 Å². The van der Waals surface area contributed by atoms with E-state index in [4.69, 9.17) is 0 Å². The molecule has 0 unspecified atom stereocenters. The maximum atomic E-state index is 13.2. The Bertz CT molecular complexity index is 1250. The first kappa shape index (κ1) is 19.8. The third-order valence-electron chi connectivity index (χ3n) is 4.64. The number of pyridine rings is 1. The van der Waals surface area contributed by atoms with Crippen LogP contribution in [-0.2, 0) is 13.6 Å². The molecule has 1 N–H and O–H groups in total. The van der Waals surface area contributed by atoms with Crippen LogP contribution in [0.2, 0.25) is 0 Å². The molecule has 0 saturated heterocycles. The van der Waals surface area contributed by atoms with Gasteiger partial charge in [0.1, 0.15) is 11.3 Å². The highest BCUT2D eigenvalue weighted by atomic mass is 19.4. The number of aliphatic hydroxyl groups is 1. The number of benzene rings is 1. The van der Waals surface area contributed by atoms with Crippen molar-refractivity contribution in [2.45, 2.75) is 12.9 Å². The van der Waals surface area contributed by atoms with Crippen molar-refractivity contribution >= 4 is 10.9 Å². The summed E-state index contributed by atoms with van der Waals surface area (Å²) in [5, 5.41) is 14.2. The van der Waals surface area contributed by atoms with Gasteiger partial charge >= 0.3 is 6.36 Å². The third-order valence-corrected chi connectivity index (χ3v) is 4.64. The van der Waals surface area contributed by atoms with Crippen molar-refractivity contribution in [2.75, 3.05) is 6.61 Å². The monoisotopic (exact) mass is 418 g/mol. The molecule has 156 valence electrons. The molecule has 0 fully saturated rings. The Morgan fingerprint density at radius 2 is 1.87 bits per heavy atom. The number of aromatic nitrogens is 4. The molecule has 3 aromatic heterocycles. The highest BCUT2D eigenvalue weighted by Crippen LogP contribution is 2.29. The molecular formula is C20H17F3N4O3. The summed E-state index contributed by atoms with van der Waals surface area (Å²) < 4.78 is 45.8. The van der Waals surface area contributed by atoms with E-state index in [1.807, 2.05) is 0 Å². The number of rotatable bonds is 5. The number of halogens is 3. The molecule has 0 atom stereocenters. The number of hydrogen-bond acceptors (Lipinski definition) is 4. The molecule has 0 amide bonds. The number of aryl methyl sites for hydroxylation is 1. The molecule has 0 radical (unpaired) electrons. The summed E-state index contributed by atoms with van der Waals surface area (Å²) in [5.74, 6) is -0.378. The van der Waals surface area contributed by atoms with Crippen molar-refractivity contribution < 1.29 is 23.0 Å². The number of alkyl halides is 3. The molecule has 3 heterocycles. The topological polar surface area (TPSA) is 74.2 Å². The number of hydrogen-bond donors (Lipinski definition) is 1. The average molecular weight is 418 g/mol. The van der Waals surface area contributed by atoms with Gasteiger partial charge in [-0.25, -0.2) is 0 Å². The van der Waals surface area contributed by atoms with E-state index in [0.717, 1.165) is 23.3 Å². The number of nitrogens with zero attached hydrogens (tertiary/aromatic N) is 4. The van der Waals surface area contributed by atoms with Crippen molar-refractivity contribution in [1.82, 2.24) is 18.9 Å². The van der Waals surface area contributed by atoms with Crippen molar-refractivity contribution in [3.05, 3.63) is 65.5 Å². The second kappa shape index (κ2) is 7.38. The van der Waals surface area contributed by atoms with Gasteiger partial charge in [0.15, 0.2) is 0 Å². The lowest BCUT2D eigenvalue weighted by atomic mass is 10.1. The van der Waals surface area contributed by atoms with Gasteiger partial charge < -0.3 is 14.4 Å². The van der Waals surface area contributed by atoms with Crippen LogP contribution in [0.5, 0.6) is 5.75 Å². The van der Waals surface area contributed by atoms with Gasteiger partial charge in [-0.1, -0.05) is 0 Å². The molecule has 7 nitrogen and oxygen atoms in total. The molecule has 4 rings (SSSR count). The van der Waals surface area contributed by atoms with Gasteiger partial charge in [0, 0.05) is 54.4 Å². The largest absolute Gasteiger partial charge is 0.573 e. The van der Waals surface area contributed by atoms with E-state index < -0.39 is 6.36 Å². The average Bonchev–Trinajstić information content (AvgIpc) is 3.29. The molecule has 0 saturated carbocycles. The van der Waals surface area contributed by atoms with Crippen molar-refractivity contribution in [2.24, 2.45) is 7.05 Å². The van der Waals surface area contributed by atoms with Gasteiger partial charge in [0.05, 0.1) is 12.8 Å². The summed E-state index contributed by atoms with van der Waals surface area (Å²) in [7, 11) is 1.77. The first-order valence-corrected chi connectivity index (χ1v) is 8.97. The first-order valence-electron chi connectivity index (χ1n) is 8.97. The summed E-state index contributed by atoms with van der Waals surface area (Å²) in [4.78, 5) is 13.2. The summed E-state index contributed by atoms with van der Waals surface area (Å²) in [6, 6.07) is 6.84. The lowest BCUT2D eigenvalue weighted by Gasteiger charge is -2.13. The summed E-state index contributed by atoms with van der Waals surface area (Å²) in [6.45, 7) is 0.0808. The van der Waals surface area contributed by atoms with E-state index in [1.54, 1.807) is 47.2 Å². The molecule has 0 spiro atoms. The van der Waals surface area contributed by atoms with Crippen LogP contribution in [-0.4, -0.2) is 37.0 Å². The summed E-state index contributed by atoms with van der Waals surface area (Å²) >= 11 is 0. The standard InChI is InChI=1S/C20H17F3N4O3/c1-25-11-13(10-24-25)17-12-27(14-2-4-15(5-3-14)30-20(21,22)23)19(29)18-16(17)6-7-26(18)8-9-28/h2-7,10-12,28H,8-9H2,1H3. The minimum absolute atomic E-state index is 0.149. The quantitative estimate of drug-likeness (QED) is 0.541. The van der Waals surface area contributed by atoms with Gasteiger partial charge in [-0.3, -0.25) is 14.0 Å². The van der Waals surface area contributed by atoms with Crippen LogP contribution in [0.4, 0.5) is 13.2 Å². The Balaban J connectivity index is 1.90. The molecule has 4 aromatic rings. The van der Waals surface area contributed by atoms with E-state index >= 15 is 0 Å². The number of ether oxygens (including phenoxy) is 1. The Hall–Kier alpha value is -3.53. The Kier molecular flexibility index (Phi) is 4.86. The van der Waals surface area contributed by atoms with Crippen LogP contribution in [0.3, 0.4) is 0 Å². The van der Waals surface area contributed by atoms with Gasteiger partial charge in [-0.05, 0) is 30.3 Å². The van der Waals surface area contributed by atoms with Crippen LogP contribution >= 0.6 is 0 Å². The fourth-order valence-corrected chi connectivity index (χ4v) is 3.38. The Morgan fingerprint density at radius 1 is 1.13 bits per heavy atom. The fraction of sp³-hybridized carbons (Fsp3) is 0.200. The van der Waals surface area contributed by atoms with Crippen LogP contribution in [0.15, 0.2) is 59.9 Å². The minimum Gasteiger partial charge on any atom is -0.406 e. The van der Waals surface area contributed by atoms with Crippen LogP contribution in [0.25, 0.3) is 27.7 Å². The smallest absolute Gasteiger partial charge is 0.406 e. The zero-order valence-corrected chi connectivity index (χ0v) is 15.8. The van der Waals surface area contributed by atoms with E-state index in [1.165, 1.54) is 16.7 Å². The maximum Gasteiger partial charge on any atom is 0.573 e. The van der Waals surface area contributed by atoms with E-state index in [0.29, 0.717) is 16.6 Å². The van der Waals surface area contributed by atoms with Crippen molar-refractivity contribution in [3.63, 3.8) is 0 Å². The third kappa shape index (κ3) is 3.69. The van der Waals surface area contributed by atoms with Crippen LogP contribution in [0.1, 0.15) is 0 Å². The van der Waals surface area contributed by atoms with Gasteiger partial charge in [-0.15, -0.1) is 13.2 Å². The van der Waals surface area contributed by atoms with Crippen molar-refractivity contribution in [1.29, 1.82) is 0 Å². The SMILES string of the molecule is Cn1cc(-c2cn(-c3ccc(OC(F)(F)F)cc3)c(=O)c3c2ccn3CCO)cn1. The lowest BCUT2D eigenvalue weighted by Crippen LogP contribution is -2.21. The van der Waals surface area contributed by atoms with Crippen LogP contribution < -0.4 is 10.3 Å². The Morgan fingerprint density at radius 3 is 2.47 bits per heavy atom. The summed E-state index contributed by atoms with van der Waals surface area (Å²) in [6.07, 6.45) is 2.01. The molecule has 10 heteroatoms. The second-order valence-electron chi connectivity index (χ2n) is 6.66. The highest BCUT2D eigenvalue weighted by molar-refractivity contribution is 5.94. The predicted octanol–water partition coefficient (Wildman–Crippen LogP) is 3.08. The second-order valence-corrected chi connectivity index (χ2v) is 6.66. The van der Waals surface area contributed by atoms with Gasteiger partial charge in [-0.2, -0.15) is 5.10 Å². The molecule has 1 aromatic carbocycles. The fourth-order valence-electron chi connectivity index (χ4n) is 3.38. The van der Waals surface area contributed by atoms with Gasteiger partial charge in [0.25, 0.3) is 5.56 Å². The van der Waals surface area contributed by atoms with E-state index in [2.05, 4.69) is 9.84 Å². The zero-order valence-electron chi connectivity index (χ0n) is 15.8. The highest BCUT2D eigenvalue weighted by Gasteiger charge is 2.31. The molecular weight excluding hydrogens is 401 g/mol.